The minimum absolute atomic E-state index is 0.149. The maximum Gasteiger partial charge on any atom is 0.327 e. The first kappa shape index (κ1) is 19.1. The van der Waals surface area contributed by atoms with Crippen molar-refractivity contribution < 1.29 is 9.53 Å². The number of carbonyl (C=O) groups excluding carboxylic acids is 1. The van der Waals surface area contributed by atoms with Crippen molar-refractivity contribution in [3.63, 3.8) is 0 Å². The molecule has 0 spiro atoms. The van der Waals surface area contributed by atoms with Gasteiger partial charge in [-0.3, -0.25) is 14.4 Å². The number of rotatable bonds is 9. The zero-order chi connectivity index (χ0) is 18.2. The number of esters is 1. The van der Waals surface area contributed by atoms with Gasteiger partial charge in [-0.15, -0.1) is 0 Å². The van der Waals surface area contributed by atoms with E-state index < -0.39 is 0 Å². The Morgan fingerprint density at radius 1 is 1.24 bits per heavy atom. The zero-order valence-corrected chi connectivity index (χ0v) is 15.4. The second-order valence-electron chi connectivity index (χ2n) is 6.10. The molecule has 0 atom stereocenters. The van der Waals surface area contributed by atoms with Crippen molar-refractivity contribution in [3.05, 3.63) is 52.8 Å². The van der Waals surface area contributed by atoms with Crippen molar-refractivity contribution in [1.29, 1.82) is 0 Å². The molecule has 6 nitrogen and oxygen atoms in total. The molecule has 2 N–H and O–H groups in total. The van der Waals surface area contributed by atoms with Gasteiger partial charge in [0.15, 0.2) is 0 Å². The first-order valence-corrected chi connectivity index (χ1v) is 8.70. The second-order valence-corrected chi connectivity index (χ2v) is 6.10. The summed E-state index contributed by atoms with van der Waals surface area (Å²) in [5.41, 5.74) is 10.1. The van der Waals surface area contributed by atoms with Crippen molar-refractivity contribution in [2.75, 3.05) is 19.7 Å². The van der Waals surface area contributed by atoms with E-state index in [4.69, 9.17) is 10.5 Å². The third kappa shape index (κ3) is 5.41. The van der Waals surface area contributed by atoms with Crippen LogP contribution in [0.3, 0.4) is 0 Å². The van der Waals surface area contributed by atoms with Gasteiger partial charge in [0.1, 0.15) is 6.54 Å². The van der Waals surface area contributed by atoms with Gasteiger partial charge in [0.05, 0.1) is 12.3 Å². The highest BCUT2D eigenvalue weighted by Crippen LogP contribution is 2.17. The number of nitrogens with zero attached hydrogens (tertiary/aromatic N) is 3. The molecule has 0 saturated carbocycles. The lowest BCUT2D eigenvalue weighted by atomic mass is 10.1. The molecule has 136 valence electrons. The van der Waals surface area contributed by atoms with Gasteiger partial charge < -0.3 is 10.5 Å². The topological polar surface area (TPSA) is 73.4 Å². The number of aryl methyl sites for hydroxylation is 1. The Kier molecular flexibility index (Phi) is 7.16. The second kappa shape index (κ2) is 9.34. The van der Waals surface area contributed by atoms with Crippen molar-refractivity contribution in [2.45, 2.75) is 40.4 Å². The fourth-order valence-electron chi connectivity index (χ4n) is 2.91. The van der Waals surface area contributed by atoms with Crippen molar-refractivity contribution in [3.8, 4) is 0 Å². The van der Waals surface area contributed by atoms with Gasteiger partial charge in [0.25, 0.3) is 0 Å². The Morgan fingerprint density at radius 2 is 1.96 bits per heavy atom. The van der Waals surface area contributed by atoms with Gasteiger partial charge in [0, 0.05) is 37.4 Å². The largest absolute Gasteiger partial charge is 0.465 e. The van der Waals surface area contributed by atoms with Crippen LogP contribution in [0.25, 0.3) is 0 Å². The Hall–Kier alpha value is -2.18. The molecule has 0 aliphatic heterocycles. The summed E-state index contributed by atoms with van der Waals surface area (Å²) in [6.07, 6.45) is 0. The molecular weight excluding hydrogens is 316 g/mol. The summed E-state index contributed by atoms with van der Waals surface area (Å²) < 4.78 is 6.75. The third-order valence-electron chi connectivity index (χ3n) is 4.19. The molecule has 1 aromatic carbocycles. The first-order valence-electron chi connectivity index (χ1n) is 8.70. The third-order valence-corrected chi connectivity index (χ3v) is 4.19. The molecule has 0 radical (unpaired) electrons. The summed E-state index contributed by atoms with van der Waals surface area (Å²) in [6.45, 7) is 9.30. The van der Waals surface area contributed by atoms with Crippen LogP contribution in [0.1, 0.15) is 29.4 Å². The van der Waals surface area contributed by atoms with Gasteiger partial charge >= 0.3 is 5.97 Å². The molecule has 2 aromatic rings. The highest BCUT2D eigenvalue weighted by Gasteiger charge is 2.17. The van der Waals surface area contributed by atoms with Crippen LogP contribution in [0.5, 0.6) is 0 Å². The summed E-state index contributed by atoms with van der Waals surface area (Å²) >= 11 is 0. The Bertz CT molecular complexity index is 682. The highest BCUT2D eigenvalue weighted by atomic mass is 16.5. The SMILES string of the molecule is CCOC(=O)Cn1nc(C)c(CN(CCN)Cc2ccccc2)c1C. The van der Waals surface area contributed by atoms with E-state index in [2.05, 4.69) is 22.1 Å². The number of carbonyl (C=O) groups is 1. The van der Waals surface area contributed by atoms with Crippen LogP contribution < -0.4 is 5.73 Å². The van der Waals surface area contributed by atoms with Gasteiger partial charge in [-0.05, 0) is 26.3 Å². The van der Waals surface area contributed by atoms with E-state index in [-0.39, 0.29) is 12.5 Å². The number of hydrogen-bond acceptors (Lipinski definition) is 5. The molecule has 0 fully saturated rings. The maximum atomic E-state index is 11.7. The fraction of sp³-hybridized carbons (Fsp3) is 0.474. The standard InChI is InChI=1S/C19H28N4O2/c1-4-25-19(24)14-23-16(3)18(15(2)21-23)13-22(11-10-20)12-17-8-6-5-7-9-17/h5-9H,4,10-14,20H2,1-3H3. The number of benzene rings is 1. The predicted octanol–water partition coefficient (Wildman–Crippen LogP) is 2.02. The average Bonchev–Trinajstić information content (AvgIpc) is 2.83. The van der Waals surface area contributed by atoms with E-state index >= 15 is 0 Å². The molecule has 6 heteroatoms. The summed E-state index contributed by atoms with van der Waals surface area (Å²) in [4.78, 5) is 14.0. The quantitative estimate of drug-likeness (QED) is 0.705. The molecule has 2 rings (SSSR count). The minimum atomic E-state index is -0.261. The summed E-state index contributed by atoms with van der Waals surface area (Å²) in [7, 11) is 0. The van der Waals surface area contributed by atoms with Crippen LogP contribution in [0, 0.1) is 13.8 Å². The number of nitrogens with two attached hydrogens (primary N) is 1. The molecule has 0 saturated heterocycles. The molecule has 1 aromatic heterocycles. The lowest BCUT2D eigenvalue weighted by molar-refractivity contribution is -0.144. The van der Waals surface area contributed by atoms with E-state index in [9.17, 15) is 4.79 Å². The van der Waals surface area contributed by atoms with Crippen molar-refractivity contribution in [2.24, 2.45) is 5.73 Å². The maximum absolute atomic E-state index is 11.7. The first-order chi connectivity index (χ1) is 12.0. The van der Waals surface area contributed by atoms with E-state index in [0.29, 0.717) is 13.2 Å². The highest BCUT2D eigenvalue weighted by molar-refractivity contribution is 5.69. The molecular formula is C19H28N4O2. The fourth-order valence-corrected chi connectivity index (χ4v) is 2.91. The smallest absolute Gasteiger partial charge is 0.327 e. The van der Waals surface area contributed by atoms with Gasteiger partial charge in [-0.1, -0.05) is 30.3 Å². The Morgan fingerprint density at radius 3 is 2.60 bits per heavy atom. The van der Waals surface area contributed by atoms with Crippen LogP contribution in [0.15, 0.2) is 30.3 Å². The lowest BCUT2D eigenvalue weighted by Crippen LogP contribution is -2.29. The summed E-state index contributed by atoms with van der Waals surface area (Å²) in [5.74, 6) is -0.261. The van der Waals surface area contributed by atoms with Crippen LogP contribution in [0.2, 0.25) is 0 Å². The van der Waals surface area contributed by atoms with Gasteiger partial charge in [0.2, 0.25) is 0 Å². The Balaban J connectivity index is 2.13. The van der Waals surface area contributed by atoms with Crippen LogP contribution in [-0.4, -0.2) is 40.3 Å². The zero-order valence-electron chi connectivity index (χ0n) is 15.4. The molecule has 0 aliphatic carbocycles. The molecule has 0 amide bonds. The number of aromatic nitrogens is 2. The molecule has 0 unspecified atom stereocenters. The number of hydrogen-bond donors (Lipinski definition) is 1. The van der Waals surface area contributed by atoms with E-state index in [1.807, 2.05) is 32.0 Å². The lowest BCUT2D eigenvalue weighted by Gasteiger charge is -2.22. The molecule has 0 aliphatic rings. The monoisotopic (exact) mass is 344 g/mol. The molecule has 0 bridgehead atoms. The van der Waals surface area contributed by atoms with Crippen molar-refractivity contribution >= 4 is 5.97 Å². The summed E-state index contributed by atoms with van der Waals surface area (Å²) in [6, 6.07) is 10.3. The van der Waals surface area contributed by atoms with Crippen LogP contribution in [0.4, 0.5) is 0 Å². The molecule has 1 heterocycles. The van der Waals surface area contributed by atoms with Crippen LogP contribution >= 0.6 is 0 Å². The van der Waals surface area contributed by atoms with Crippen LogP contribution in [-0.2, 0) is 29.2 Å². The van der Waals surface area contributed by atoms with E-state index in [1.165, 1.54) is 5.56 Å². The van der Waals surface area contributed by atoms with E-state index in [0.717, 1.165) is 36.6 Å². The normalized spacial score (nSPS) is 11.1. The minimum Gasteiger partial charge on any atom is -0.465 e. The van der Waals surface area contributed by atoms with Crippen molar-refractivity contribution in [1.82, 2.24) is 14.7 Å². The van der Waals surface area contributed by atoms with E-state index in [1.54, 1.807) is 11.6 Å². The predicted molar refractivity (Wildman–Crippen MR) is 97.9 cm³/mol. The average molecular weight is 344 g/mol. The summed E-state index contributed by atoms with van der Waals surface area (Å²) in [5, 5.41) is 4.51. The Labute approximate surface area is 149 Å². The number of ether oxygens (including phenoxy) is 1. The molecule has 25 heavy (non-hydrogen) atoms. The van der Waals surface area contributed by atoms with Gasteiger partial charge in [-0.25, -0.2) is 0 Å². The van der Waals surface area contributed by atoms with Gasteiger partial charge in [-0.2, -0.15) is 5.10 Å².